The predicted octanol–water partition coefficient (Wildman–Crippen LogP) is 0.642. The second-order valence-corrected chi connectivity index (χ2v) is 2.55. The molecule has 0 radical (unpaired) electrons. The van der Waals surface area contributed by atoms with Crippen molar-refractivity contribution >= 4 is 11.6 Å². The quantitative estimate of drug-likeness (QED) is 0.643. The maximum absolute atomic E-state index is 11.1. The van der Waals surface area contributed by atoms with Crippen LogP contribution in [0.4, 0.5) is 5.69 Å². The number of pyridine rings is 1. The van der Waals surface area contributed by atoms with Gasteiger partial charge in [0.15, 0.2) is 0 Å². The molecule has 1 aromatic rings. The minimum absolute atomic E-state index is 0.241. The molecule has 12 heavy (non-hydrogen) atoms. The van der Waals surface area contributed by atoms with Crippen molar-refractivity contribution in [1.29, 1.82) is 0 Å². The number of H-pyrrole nitrogens is 1. The number of aryl methyl sites for hydroxylation is 1. The fraction of sp³-hybridized carbons (Fsp3) is 0.250. The van der Waals surface area contributed by atoms with Crippen LogP contribution in [0.15, 0.2) is 17.1 Å². The molecule has 0 saturated heterocycles. The summed E-state index contributed by atoms with van der Waals surface area (Å²) in [6.07, 6.45) is 1.54. The highest BCUT2D eigenvalue weighted by atomic mass is 16.2. The number of amides is 1. The number of anilines is 1. The topological polar surface area (TPSA) is 62.0 Å². The summed E-state index contributed by atoms with van der Waals surface area (Å²) in [5.74, 6) is -0.241. The summed E-state index contributed by atoms with van der Waals surface area (Å²) in [6, 6.07) is 1.73. The summed E-state index contributed by atoms with van der Waals surface area (Å²) in [7, 11) is 0. The molecule has 2 N–H and O–H groups in total. The smallest absolute Gasteiger partial charge is 0.271 e. The van der Waals surface area contributed by atoms with Crippen LogP contribution in [-0.2, 0) is 4.79 Å². The van der Waals surface area contributed by atoms with Crippen molar-refractivity contribution in [1.82, 2.24) is 4.98 Å². The third-order valence-corrected chi connectivity index (χ3v) is 1.47. The van der Waals surface area contributed by atoms with Gasteiger partial charge in [0.1, 0.15) is 5.69 Å². The third-order valence-electron chi connectivity index (χ3n) is 1.47. The Bertz CT molecular complexity index is 354. The highest BCUT2D eigenvalue weighted by molar-refractivity contribution is 5.89. The molecular formula is C8H10N2O2. The molecule has 0 bridgehead atoms. The van der Waals surface area contributed by atoms with Crippen molar-refractivity contribution in [2.45, 2.75) is 13.8 Å². The molecule has 1 rings (SSSR count). The summed E-state index contributed by atoms with van der Waals surface area (Å²) in [6.45, 7) is 3.13. The highest BCUT2D eigenvalue weighted by Gasteiger charge is 2.03. The predicted molar refractivity (Wildman–Crippen MR) is 46.1 cm³/mol. The maximum Gasteiger partial charge on any atom is 0.271 e. The molecule has 0 spiro atoms. The molecule has 0 aliphatic carbocycles. The summed E-state index contributed by atoms with van der Waals surface area (Å²) in [4.78, 5) is 24.2. The summed E-state index contributed by atoms with van der Waals surface area (Å²) >= 11 is 0. The normalized spacial score (nSPS) is 9.50. The number of carbonyl (C=O) groups is 1. The first kappa shape index (κ1) is 8.52. The van der Waals surface area contributed by atoms with E-state index in [0.29, 0.717) is 5.69 Å². The van der Waals surface area contributed by atoms with Gasteiger partial charge in [0.05, 0.1) is 0 Å². The molecule has 0 saturated carbocycles. The Kier molecular flexibility index (Phi) is 2.28. The Morgan fingerprint density at radius 3 is 2.75 bits per heavy atom. The van der Waals surface area contributed by atoms with Crippen LogP contribution in [0.3, 0.4) is 0 Å². The van der Waals surface area contributed by atoms with E-state index in [1.54, 1.807) is 19.2 Å². The van der Waals surface area contributed by atoms with Gasteiger partial charge < -0.3 is 10.3 Å². The van der Waals surface area contributed by atoms with E-state index in [1.807, 2.05) is 0 Å². The van der Waals surface area contributed by atoms with E-state index >= 15 is 0 Å². The van der Waals surface area contributed by atoms with Crippen LogP contribution in [0.25, 0.3) is 0 Å². The first-order valence-electron chi connectivity index (χ1n) is 3.57. The molecule has 0 aliphatic heterocycles. The number of hydrogen-bond donors (Lipinski definition) is 2. The Labute approximate surface area is 69.6 Å². The van der Waals surface area contributed by atoms with Gasteiger partial charge in [-0.1, -0.05) is 0 Å². The molecule has 1 amide bonds. The number of nitrogens with one attached hydrogen (secondary N) is 2. The monoisotopic (exact) mass is 166 g/mol. The van der Waals surface area contributed by atoms with Gasteiger partial charge in [-0.15, -0.1) is 0 Å². The summed E-state index contributed by atoms with van der Waals surface area (Å²) in [5.41, 5.74) is 0.809. The molecule has 4 heteroatoms. The summed E-state index contributed by atoms with van der Waals surface area (Å²) in [5, 5.41) is 2.46. The number of carbonyl (C=O) groups excluding carboxylic acids is 1. The van der Waals surface area contributed by atoms with Crippen LogP contribution in [-0.4, -0.2) is 10.9 Å². The number of hydrogen-bond acceptors (Lipinski definition) is 2. The second kappa shape index (κ2) is 3.21. The Morgan fingerprint density at radius 1 is 1.58 bits per heavy atom. The molecule has 0 atom stereocenters. The lowest BCUT2D eigenvalue weighted by atomic mass is 10.2. The standard InChI is InChI=1S/C8H10N2O2/c1-5-3-4-9-8(12)7(5)10-6(2)11/h3-4H,1-2H3,(H,9,12)(H,10,11). The van der Waals surface area contributed by atoms with Gasteiger partial charge in [-0.3, -0.25) is 9.59 Å². The lowest BCUT2D eigenvalue weighted by Crippen LogP contribution is -2.18. The first-order chi connectivity index (χ1) is 5.61. The lowest BCUT2D eigenvalue weighted by Gasteiger charge is -2.02. The van der Waals surface area contributed by atoms with Gasteiger partial charge >= 0.3 is 0 Å². The molecule has 0 unspecified atom stereocenters. The van der Waals surface area contributed by atoms with E-state index in [0.717, 1.165) is 5.56 Å². The largest absolute Gasteiger partial charge is 0.327 e. The van der Waals surface area contributed by atoms with Crippen LogP contribution >= 0.6 is 0 Å². The average molecular weight is 166 g/mol. The fourth-order valence-electron chi connectivity index (χ4n) is 0.908. The molecule has 1 aromatic heterocycles. The van der Waals surface area contributed by atoms with E-state index in [1.165, 1.54) is 6.92 Å². The van der Waals surface area contributed by atoms with E-state index in [9.17, 15) is 9.59 Å². The number of aromatic nitrogens is 1. The van der Waals surface area contributed by atoms with Gasteiger partial charge in [0, 0.05) is 13.1 Å². The van der Waals surface area contributed by atoms with Crippen LogP contribution in [0.1, 0.15) is 12.5 Å². The minimum Gasteiger partial charge on any atom is -0.327 e. The third kappa shape index (κ3) is 1.72. The minimum atomic E-state index is -0.273. The van der Waals surface area contributed by atoms with Gasteiger partial charge in [0.25, 0.3) is 5.56 Å². The van der Waals surface area contributed by atoms with Crippen molar-refractivity contribution in [2.75, 3.05) is 5.32 Å². The molecular weight excluding hydrogens is 156 g/mol. The SMILES string of the molecule is CC(=O)Nc1c(C)cc[nH]c1=O. The Balaban J connectivity index is 3.13. The van der Waals surface area contributed by atoms with Crippen molar-refractivity contribution in [2.24, 2.45) is 0 Å². The Hall–Kier alpha value is -1.58. The van der Waals surface area contributed by atoms with Crippen molar-refractivity contribution in [3.8, 4) is 0 Å². The molecule has 64 valence electrons. The zero-order valence-corrected chi connectivity index (χ0v) is 6.97. The zero-order chi connectivity index (χ0) is 9.14. The van der Waals surface area contributed by atoms with E-state index in [-0.39, 0.29) is 11.5 Å². The van der Waals surface area contributed by atoms with Crippen molar-refractivity contribution in [3.05, 3.63) is 28.2 Å². The molecule has 4 nitrogen and oxygen atoms in total. The van der Waals surface area contributed by atoms with Crippen LogP contribution in [0, 0.1) is 6.92 Å². The van der Waals surface area contributed by atoms with Gasteiger partial charge in [-0.05, 0) is 18.6 Å². The van der Waals surface area contributed by atoms with Crippen LogP contribution in [0.2, 0.25) is 0 Å². The molecule has 0 aromatic carbocycles. The lowest BCUT2D eigenvalue weighted by molar-refractivity contribution is -0.114. The van der Waals surface area contributed by atoms with Gasteiger partial charge in [-0.25, -0.2) is 0 Å². The van der Waals surface area contributed by atoms with E-state index in [4.69, 9.17) is 0 Å². The van der Waals surface area contributed by atoms with Crippen molar-refractivity contribution in [3.63, 3.8) is 0 Å². The second-order valence-electron chi connectivity index (χ2n) is 2.55. The zero-order valence-electron chi connectivity index (χ0n) is 6.97. The van der Waals surface area contributed by atoms with E-state index in [2.05, 4.69) is 10.3 Å². The van der Waals surface area contributed by atoms with Crippen LogP contribution < -0.4 is 10.9 Å². The average Bonchev–Trinajstić information content (AvgIpc) is 1.97. The Morgan fingerprint density at radius 2 is 2.25 bits per heavy atom. The van der Waals surface area contributed by atoms with Crippen molar-refractivity contribution < 1.29 is 4.79 Å². The maximum atomic E-state index is 11.1. The first-order valence-corrected chi connectivity index (χ1v) is 3.57. The number of rotatable bonds is 1. The van der Waals surface area contributed by atoms with E-state index < -0.39 is 0 Å². The number of aromatic amines is 1. The molecule has 0 fully saturated rings. The fourth-order valence-corrected chi connectivity index (χ4v) is 0.908. The molecule has 0 aliphatic rings. The van der Waals surface area contributed by atoms with Gasteiger partial charge in [-0.2, -0.15) is 0 Å². The summed E-state index contributed by atoms with van der Waals surface area (Å²) < 4.78 is 0. The molecule has 1 heterocycles. The highest BCUT2D eigenvalue weighted by Crippen LogP contribution is 2.05. The van der Waals surface area contributed by atoms with Crippen LogP contribution in [0.5, 0.6) is 0 Å². The van der Waals surface area contributed by atoms with Gasteiger partial charge in [0.2, 0.25) is 5.91 Å².